The van der Waals surface area contributed by atoms with Crippen molar-refractivity contribution in [2.24, 2.45) is 0 Å². The number of carboxylic acid groups (broad SMARTS) is 1. The number of nitrogens with zero attached hydrogens (tertiary/aromatic N) is 2. The summed E-state index contributed by atoms with van der Waals surface area (Å²) in [6, 6.07) is 1.66. The zero-order chi connectivity index (χ0) is 14.9. The van der Waals surface area contributed by atoms with Crippen molar-refractivity contribution in [1.29, 1.82) is 0 Å². The van der Waals surface area contributed by atoms with E-state index in [1.54, 1.807) is 13.0 Å². The molecule has 2 aromatic rings. The topological polar surface area (TPSA) is 117 Å². The number of H-pyrrole nitrogens is 1. The zero-order valence-corrected chi connectivity index (χ0v) is 11.6. The number of aromatic carboxylic acids is 1. The molecule has 0 unspecified atom stereocenters. The summed E-state index contributed by atoms with van der Waals surface area (Å²) in [6.07, 6.45) is 2.43. The summed E-state index contributed by atoms with van der Waals surface area (Å²) in [5.41, 5.74) is 0.313. The highest BCUT2D eigenvalue weighted by molar-refractivity contribution is 7.89. The molecule has 0 aliphatic carbocycles. The molecule has 0 spiro atoms. The summed E-state index contributed by atoms with van der Waals surface area (Å²) in [6.45, 7) is 1.79. The smallest absolute Gasteiger partial charge is 0.340 e. The third-order valence-corrected chi connectivity index (χ3v) is 4.64. The third-order valence-electron chi connectivity index (χ3n) is 2.86. The van der Waals surface area contributed by atoms with E-state index in [9.17, 15) is 13.2 Å². The Morgan fingerprint density at radius 3 is 2.80 bits per heavy atom. The Morgan fingerprint density at radius 2 is 2.25 bits per heavy atom. The van der Waals surface area contributed by atoms with Gasteiger partial charge in [-0.25, -0.2) is 13.2 Å². The van der Waals surface area contributed by atoms with E-state index in [1.807, 2.05) is 0 Å². The normalized spacial score (nSPS) is 11.9. The maximum atomic E-state index is 12.3. The largest absolute Gasteiger partial charge is 0.478 e. The van der Waals surface area contributed by atoms with Crippen molar-refractivity contribution in [1.82, 2.24) is 14.5 Å². The van der Waals surface area contributed by atoms with Crippen LogP contribution in [0.15, 0.2) is 28.0 Å². The van der Waals surface area contributed by atoms with E-state index in [0.29, 0.717) is 11.3 Å². The van der Waals surface area contributed by atoms with E-state index >= 15 is 0 Å². The van der Waals surface area contributed by atoms with Crippen LogP contribution in [0.2, 0.25) is 0 Å². The number of rotatable bonds is 5. The number of hydrogen-bond donors (Lipinski definition) is 2. The highest BCUT2D eigenvalue weighted by Crippen LogP contribution is 2.20. The first-order valence-corrected chi connectivity index (χ1v) is 7.04. The van der Waals surface area contributed by atoms with Gasteiger partial charge in [0.2, 0.25) is 0 Å². The van der Waals surface area contributed by atoms with Gasteiger partial charge in [0.15, 0.2) is 5.03 Å². The van der Waals surface area contributed by atoms with E-state index < -0.39 is 21.0 Å². The quantitative estimate of drug-likeness (QED) is 0.844. The van der Waals surface area contributed by atoms with Crippen molar-refractivity contribution in [2.45, 2.75) is 18.5 Å². The van der Waals surface area contributed by atoms with Crippen LogP contribution in [0.25, 0.3) is 0 Å². The number of aromatic amines is 1. The van der Waals surface area contributed by atoms with Gasteiger partial charge in [0, 0.05) is 19.2 Å². The van der Waals surface area contributed by atoms with Gasteiger partial charge in [-0.15, -0.1) is 0 Å². The minimum absolute atomic E-state index is 0.0722. The third kappa shape index (κ3) is 2.45. The summed E-state index contributed by atoms with van der Waals surface area (Å²) in [5.74, 6) is -0.750. The lowest BCUT2D eigenvalue weighted by Gasteiger charge is -2.15. The lowest BCUT2D eigenvalue weighted by Crippen LogP contribution is -2.28. The summed E-state index contributed by atoms with van der Waals surface area (Å²) in [5, 5.41) is 14.2. The fourth-order valence-corrected chi connectivity index (χ4v) is 2.89. The van der Waals surface area contributed by atoms with Crippen molar-refractivity contribution in [3.63, 3.8) is 0 Å². The van der Waals surface area contributed by atoms with Gasteiger partial charge in [0.05, 0.1) is 12.5 Å². The standard InChI is InChI=1S/C11H13N3O5S/c1-7-8(3-4-19-7)6-14(2)20(17,18)10-9(11(15)16)5-12-13-10/h3-5H,6H2,1-2H3,(H,12,13)(H,15,16). The van der Waals surface area contributed by atoms with Crippen LogP contribution in [-0.2, 0) is 16.6 Å². The SMILES string of the molecule is Cc1occc1CN(C)S(=O)(=O)c1[nH]ncc1C(=O)O. The molecule has 0 amide bonds. The summed E-state index contributed by atoms with van der Waals surface area (Å²) in [7, 11) is -2.62. The first-order chi connectivity index (χ1) is 9.34. The van der Waals surface area contributed by atoms with Gasteiger partial charge in [-0.2, -0.15) is 9.40 Å². The number of carbonyl (C=O) groups is 1. The van der Waals surface area contributed by atoms with Gasteiger partial charge in [-0.05, 0) is 13.0 Å². The van der Waals surface area contributed by atoms with E-state index in [2.05, 4.69) is 10.2 Å². The van der Waals surface area contributed by atoms with Crippen molar-refractivity contribution in [2.75, 3.05) is 7.05 Å². The average Bonchev–Trinajstić information content (AvgIpc) is 2.99. The lowest BCUT2D eigenvalue weighted by molar-refractivity contribution is 0.0692. The molecular weight excluding hydrogens is 286 g/mol. The number of sulfonamides is 1. The predicted octanol–water partition coefficient (Wildman–Crippen LogP) is 0.830. The number of aryl methyl sites for hydroxylation is 1. The van der Waals surface area contributed by atoms with Gasteiger partial charge in [0.1, 0.15) is 11.3 Å². The first kappa shape index (κ1) is 14.3. The van der Waals surface area contributed by atoms with Gasteiger partial charge < -0.3 is 9.52 Å². The van der Waals surface area contributed by atoms with Crippen LogP contribution in [0.4, 0.5) is 0 Å². The van der Waals surface area contributed by atoms with Crippen LogP contribution in [-0.4, -0.2) is 41.0 Å². The molecule has 20 heavy (non-hydrogen) atoms. The van der Waals surface area contributed by atoms with Gasteiger partial charge in [-0.1, -0.05) is 0 Å². The molecule has 2 rings (SSSR count). The molecule has 0 atom stereocenters. The number of nitrogens with one attached hydrogen (secondary N) is 1. The molecule has 0 bridgehead atoms. The molecule has 0 aliphatic rings. The van der Waals surface area contributed by atoms with E-state index in [-0.39, 0.29) is 12.1 Å². The summed E-state index contributed by atoms with van der Waals surface area (Å²) < 4.78 is 30.8. The Hall–Kier alpha value is -2.13. The maximum absolute atomic E-state index is 12.3. The van der Waals surface area contributed by atoms with Crippen molar-refractivity contribution in [3.8, 4) is 0 Å². The molecule has 0 saturated heterocycles. The molecule has 8 nitrogen and oxygen atoms in total. The fourth-order valence-electron chi connectivity index (χ4n) is 1.68. The van der Waals surface area contributed by atoms with Crippen LogP contribution in [0.1, 0.15) is 21.7 Å². The molecule has 0 radical (unpaired) electrons. The van der Waals surface area contributed by atoms with Gasteiger partial charge >= 0.3 is 5.97 Å². The number of hydrogen-bond acceptors (Lipinski definition) is 5. The second kappa shape index (κ2) is 5.10. The van der Waals surface area contributed by atoms with E-state index in [4.69, 9.17) is 9.52 Å². The molecule has 9 heteroatoms. The van der Waals surface area contributed by atoms with Gasteiger partial charge in [0.25, 0.3) is 10.0 Å². The second-order valence-electron chi connectivity index (χ2n) is 4.18. The molecule has 0 saturated carbocycles. The summed E-state index contributed by atoms with van der Waals surface area (Å²) >= 11 is 0. The van der Waals surface area contributed by atoms with Crippen LogP contribution in [0, 0.1) is 6.92 Å². The van der Waals surface area contributed by atoms with Crippen molar-refractivity contribution < 1.29 is 22.7 Å². The average molecular weight is 299 g/mol. The van der Waals surface area contributed by atoms with Crippen LogP contribution < -0.4 is 0 Å². The Kier molecular flexibility index (Phi) is 3.64. The Bertz CT molecular complexity index is 731. The maximum Gasteiger partial charge on any atom is 0.340 e. The van der Waals surface area contributed by atoms with Gasteiger partial charge in [-0.3, -0.25) is 5.10 Å². The Labute approximate surface area is 115 Å². The molecule has 108 valence electrons. The predicted molar refractivity (Wildman–Crippen MR) is 67.6 cm³/mol. The highest BCUT2D eigenvalue weighted by Gasteiger charge is 2.29. The van der Waals surface area contributed by atoms with Crippen molar-refractivity contribution >= 4 is 16.0 Å². The highest BCUT2D eigenvalue weighted by atomic mass is 32.2. The zero-order valence-electron chi connectivity index (χ0n) is 10.8. The van der Waals surface area contributed by atoms with Crippen molar-refractivity contribution in [3.05, 3.63) is 35.4 Å². The molecule has 0 fully saturated rings. The Morgan fingerprint density at radius 1 is 1.55 bits per heavy atom. The monoisotopic (exact) mass is 299 g/mol. The number of carboxylic acids is 1. The molecule has 2 N–H and O–H groups in total. The Balaban J connectivity index is 2.32. The van der Waals surface area contributed by atoms with E-state index in [0.717, 1.165) is 10.5 Å². The number of aromatic nitrogens is 2. The second-order valence-corrected chi connectivity index (χ2v) is 6.16. The molecule has 2 aromatic heterocycles. The fraction of sp³-hybridized carbons (Fsp3) is 0.273. The van der Waals surface area contributed by atoms with E-state index in [1.165, 1.54) is 13.3 Å². The molecule has 0 aromatic carbocycles. The summed E-state index contributed by atoms with van der Waals surface area (Å²) in [4.78, 5) is 11.0. The minimum Gasteiger partial charge on any atom is -0.478 e. The van der Waals surface area contributed by atoms with Crippen LogP contribution in [0.3, 0.4) is 0 Å². The van der Waals surface area contributed by atoms with Crippen LogP contribution >= 0.6 is 0 Å². The first-order valence-electron chi connectivity index (χ1n) is 5.60. The lowest BCUT2D eigenvalue weighted by atomic mass is 10.3. The minimum atomic E-state index is -3.97. The molecule has 0 aliphatic heterocycles. The molecule has 2 heterocycles. The van der Waals surface area contributed by atoms with Crippen LogP contribution in [0.5, 0.6) is 0 Å². The molecular formula is C11H13N3O5S. The number of furan rings is 1.